The predicted molar refractivity (Wildman–Crippen MR) is 116 cm³/mol. The Morgan fingerprint density at radius 2 is 1.77 bits per heavy atom. The van der Waals surface area contributed by atoms with Crippen LogP contribution in [0.5, 0.6) is 0 Å². The Kier molecular flexibility index (Phi) is 5.81. The van der Waals surface area contributed by atoms with Crippen LogP contribution in [0.25, 0.3) is 34.0 Å². The maximum absolute atomic E-state index is 12.0. The molecule has 0 unspecified atom stereocenters. The van der Waals surface area contributed by atoms with E-state index in [9.17, 15) is 4.79 Å². The molecule has 7 nitrogen and oxygen atoms in total. The molecule has 4 aromatic rings. The van der Waals surface area contributed by atoms with Gasteiger partial charge in [-0.15, -0.1) is 0 Å². The number of hydrogen-bond acceptors (Lipinski definition) is 6. The number of nitrogens with one attached hydrogen (secondary N) is 1. The van der Waals surface area contributed by atoms with Crippen molar-refractivity contribution in [1.82, 2.24) is 25.0 Å². The highest BCUT2D eigenvalue weighted by Crippen LogP contribution is 2.26. The van der Waals surface area contributed by atoms with Crippen molar-refractivity contribution in [3.63, 3.8) is 0 Å². The molecular formula is C23H23N5O2. The number of nitrogens with zero attached hydrogens (tertiary/aromatic N) is 4. The molecule has 4 rings (SSSR count). The summed E-state index contributed by atoms with van der Waals surface area (Å²) in [6, 6.07) is 13.3. The lowest BCUT2D eigenvalue weighted by Gasteiger charge is -2.07. The van der Waals surface area contributed by atoms with Gasteiger partial charge in [0.1, 0.15) is 11.4 Å². The minimum Gasteiger partial charge on any atom is -0.354 e. The number of rotatable bonds is 7. The standard InChI is InChI=1S/C23H23N5O2/c1-3-10-28-15-18(8-9-23(28)29)20-13-25-14-21(26-20)22-11-19(27-30-22)17-6-4-16(5-7-17)12-24-2/h4-9,11,13-15,24H,3,10,12H2,1-2H3. The van der Waals surface area contributed by atoms with E-state index in [1.807, 2.05) is 38.4 Å². The average Bonchev–Trinajstić information content (AvgIpc) is 3.27. The highest BCUT2D eigenvalue weighted by atomic mass is 16.5. The molecule has 0 aliphatic rings. The first kappa shape index (κ1) is 19.7. The van der Waals surface area contributed by atoms with Crippen molar-refractivity contribution in [3.8, 4) is 34.0 Å². The van der Waals surface area contributed by atoms with Gasteiger partial charge in [0.15, 0.2) is 5.76 Å². The summed E-state index contributed by atoms with van der Waals surface area (Å²) in [7, 11) is 1.92. The molecule has 0 bridgehead atoms. The van der Waals surface area contributed by atoms with E-state index in [-0.39, 0.29) is 5.56 Å². The van der Waals surface area contributed by atoms with Gasteiger partial charge in [0, 0.05) is 42.5 Å². The SMILES string of the molecule is CCCn1cc(-c2cncc(-c3cc(-c4ccc(CNC)cc4)no3)n2)ccc1=O. The van der Waals surface area contributed by atoms with E-state index in [2.05, 4.69) is 32.6 Å². The lowest BCUT2D eigenvalue weighted by atomic mass is 10.1. The lowest BCUT2D eigenvalue weighted by molar-refractivity contribution is 0.433. The van der Waals surface area contributed by atoms with Crippen LogP contribution >= 0.6 is 0 Å². The summed E-state index contributed by atoms with van der Waals surface area (Å²) in [6.45, 7) is 3.52. The second-order valence-electron chi connectivity index (χ2n) is 7.04. The van der Waals surface area contributed by atoms with E-state index in [4.69, 9.17) is 4.52 Å². The Morgan fingerprint density at radius 1 is 1.00 bits per heavy atom. The molecule has 0 aliphatic heterocycles. The van der Waals surface area contributed by atoms with Crippen LogP contribution in [0, 0.1) is 0 Å². The Balaban J connectivity index is 1.62. The van der Waals surface area contributed by atoms with Gasteiger partial charge >= 0.3 is 0 Å². The predicted octanol–water partition coefficient (Wildman–Crippen LogP) is 3.76. The summed E-state index contributed by atoms with van der Waals surface area (Å²) in [4.78, 5) is 21.0. The number of hydrogen-bond donors (Lipinski definition) is 1. The zero-order valence-electron chi connectivity index (χ0n) is 17.0. The molecule has 0 fully saturated rings. The zero-order chi connectivity index (χ0) is 20.9. The van der Waals surface area contributed by atoms with Crippen LogP contribution in [-0.2, 0) is 13.1 Å². The molecule has 1 aromatic carbocycles. The van der Waals surface area contributed by atoms with Gasteiger partial charge in [-0.25, -0.2) is 4.98 Å². The summed E-state index contributed by atoms with van der Waals surface area (Å²) in [5.41, 5.74) is 4.99. The Morgan fingerprint density at radius 3 is 2.53 bits per heavy atom. The van der Waals surface area contributed by atoms with E-state index in [1.165, 1.54) is 5.56 Å². The second-order valence-corrected chi connectivity index (χ2v) is 7.04. The fourth-order valence-corrected chi connectivity index (χ4v) is 3.25. The molecule has 0 saturated carbocycles. The van der Waals surface area contributed by atoms with Gasteiger partial charge in [-0.1, -0.05) is 36.3 Å². The molecule has 0 saturated heterocycles. The fraction of sp³-hybridized carbons (Fsp3) is 0.217. The van der Waals surface area contributed by atoms with Crippen molar-refractivity contribution in [2.75, 3.05) is 7.05 Å². The van der Waals surface area contributed by atoms with E-state index >= 15 is 0 Å². The van der Waals surface area contributed by atoms with Crippen molar-refractivity contribution in [2.24, 2.45) is 0 Å². The van der Waals surface area contributed by atoms with E-state index in [0.29, 0.717) is 23.7 Å². The van der Waals surface area contributed by atoms with Crippen LogP contribution in [0.3, 0.4) is 0 Å². The number of benzene rings is 1. The lowest BCUT2D eigenvalue weighted by Crippen LogP contribution is -2.18. The van der Waals surface area contributed by atoms with Crippen LogP contribution in [0.2, 0.25) is 0 Å². The van der Waals surface area contributed by atoms with E-state index in [1.54, 1.807) is 29.1 Å². The van der Waals surface area contributed by atoms with Crippen molar-refractivity contribution in [2.45, 2.75) is 26.4 Å². The molecule has 0 amide bonds. The van der Waals surface area contributed by atoms with Crippen LogP contribution in [-0.4, -0.2) is 26.7 Å². The molecule has 7 heteroatoms. The molecule has 1 N–H and O–H groups in total. The molecule has 152 valence electrons. The maximum Gasteiger partial charge on any atom is 0.250 e. The molecule has 0 spiro atoms. The van der Waals surface area contributed by atoms with Crippen molar-refractivity contribution < 1.29 is 4.52 Å². The zero-order valence-corrected chi connectivity index (χ0v) is 17.0. The van der Waals surface area contributed by atoms with Crippen molar-refractivity contribution >= 4 is 0 Å². The second kappa shape index (κ2) is 8.84. The number of aryl methyl sites for hydroxylation is 1. The van der Waals surface area contributed by atoms with Gasteiger partial charge < -0.3 is 14.4 Å². The van der Waals surface area contributed by atoms with Crippen LogP contribution in [0.15, 0.2) is 70.4 Å². The molecule has 30 heavy (non-hydrogen) atoms. The van der Waals surface area contributed by atoms with Crippen LogP contribution < -0.4 is 10.9 Å². The number of pyridine rings is 1. The molecule has 0 aliphatic carbocycles. The third kappa shape index (κ3) is 4.21. The molecular weight excluding hydrogens is 378 g/mol. The largest absolute Gasteiger partial charge is 0.354 e. The van der Waals surface area contributed by atoms with Gasteiger partial charge in [0.25, 0.3) is 5.56 Å². The molecule has 3 heterocycles. The highest BCUT2D eigenvalue weighted by molar-refractivity contribution is 5.66. The Hall–Kier alpha value is -3.58. The third-order valence-electron chi connectivity index (χ3n) is 4.77. The Bertz CT molecular complexity index is 1190. The topological polar surface area (TPSA) is 85.8 Å². The van der Waals surface area contributed by atoms with Gasteiger partial charge in [-0.3, -0.25) is 9.78 Å². The third-order valence-corrected chi connectivity index (χ3v) is 4.77. The van der Waals surface area contributed by atoms with Crippen molar-refractivity contribution in [3.05, 3.63) is 77.0 Å². The van der Waals surface area contributed by atoms with Gasteiger partial charge in [0.2, 0.25) is 0 Å². The van der Waals surface area contributed by atoms with Crippen LogP contribution in [0.1, 0.15) is 18.9 Å². The summed E-state index contributed by atoms with van der Waals surface area (Å²) >= 11 is 0. The first-order valence-corrected chi connectivity index (χ1v) is 9.92. The van der Waals surface area contributed by atoms with Gasteiger partial charge in [0.05, 0.1) is 18.1 Å². The smallest absolute Gasteiger partial charge is 0.250 e. The normalized spacial score (nSPS) is 11.0. The monoisotopic (exact) mass is 401 g/mol. The van der Waals surface area contributed by atoms with Crippen LogP contribution in [0.4, 0.5) is 0 Å². The average molecular weight is 401 g/mol. The minimum atomic E-state index is -0.0228. The maximum atomic E-state index is 12.0. The molecule has 0 radical (unpaired) electrons. The van der Waals surface area contributed by atoms with Gasteiger partial charge in [-0.05, 0) is 25.1 Å². The highest BCUT2D eigenvalue weighted by Gasteiger charge is 2.12. The Labute approximate surface area is 174 Å². The summed E-state index contributed by atoms with van der Waals surface area (Å²) in [6.07, 6.45) is 6.02. The fourth-order valence-electron chi connectivity index (χ4n) is 3.25. The molecule has 3 aromatic heterocycles. The quantitative estimate of drug-likeness (QED) is 0.507. The van der Waals surface area contributed by atoms with E-state index in [0.717, 1.165) is 29.8 Å². The first-order chi connectivity index (χ1) is 14.7. The number of aromatic nitrogens is 4. The summed E-state index contributed by atoms with van der Waals surface area (Å²) in [5, 5.41) is 7.32. The molecule has 0 atom stereocenters. The van der Waals surface area contributed by atoms with Gasteiger partial charge in [-0.2, -0.15) is 0 Å². The summed E-state index contributed by atoms with van der Waals surface area (Å²) in [5.74, 6) is 0.542. The first-order valence-electron chi connectivity index (χ1n) is 9.92. The minimum absolute atomic E-state index is 0.0228. The summed E-state index contributed by atoms with van der Waals surface area (Å²) < 4.78 is 7.22. The van der Waals surface area contributed by atoms with Crippen molar-refractivity contribution in [1.29, 1.82) is 0 Å². The van der Waals surface area contributed by atoms with E-state index < -0.39 is 0 Å².